The summed E-state index contributed by atoms with van der Waals surface area (Å²) in [5.41, 5.74) is 3.58. The topological polar surface area (TPSA) is 81.9 Å². The van der Waals surface area contributed by atoms with Crippen molar-refractivity contribution in [1.29, 1.82) is 0 Å². The van der Waals surface area contributed by atoms with E-state index >= 15 is 0 Å². The van der Waals surface area contributed by atoms with Gasteiger partial charge in [-0.3, -0.25) is 9.36 Å². The van der Waals surface area contributed by atoms with Crippen molar-refractivity contribution in [2.24, 2.45) is 0 Å². The van der Waals surface area contributed by atoms with Crippen molar-refractivity contribution in [2.75, 3.05) is 5.32 Å². The molecule has 2 aromatic carbocycles. The quantitative estimate of drug-likeness (QED) is 0.464. The zero-order chi connectivity index (χ0) is 21.6. The summed E-state index contributed by atoms with van der Waals surface area (Å²) in [4.78, 5) is 24.9. The number of carbonyl (C=O) groups is 1. The number of amides is 1. The number of rotatable bonds is 6. The van der Waals surface area contributed by atoms with E-state index in [-0.39, 0.29) is 5.91 Å². The van der Waals surface area contributed by atoms with Crippen molar-refractivity contribution in [3.05, 3.63) is 96.3 Å². The summed E-state index contributed by atoms with van der Waals surface area (Å²) in [5.74, 6) is 1.49. The van der Waals surface area contributed by atoms with E-state index in [1.807, 2.05) is 48.7 Å². The number of hydrogen-bond donors (Lipinski definition) is 1. The van der Waals surface area contributed by atoms with Gasteiger partial charge in [-0.05, 0) is 49.8 Å². The van der Waals surface area contributed by atoms with E-state index < -0.39 is 0 Å². The average Bonchev–Trinajstić information content (AvgIpc) is 3.13. The van der Waals surface area contributed by atoms with Crippen LogP contribution >= 0.6 is 0 Å². The molecule has 2 heterocycles. The van der Waals surface area contributed by atoms with Crippen LogP contribution in [0.15, 0.2) is 79.4 Å². The Balaban J connectivity index is 1.40. The summed E-state index contributed by atoms with van der Waals surface area (Å²) in [7, 11) is 0. The Morgan fingerprint density at radius 2 is 1.77 bits per heavy atom. The Labute approximate surface area is 180 Å². The number of benzene rings is 2. The van der Waals surface area contributed by atoms with Gasteiger partial charge in [0.1, 0.15) is 24.2 Å². The van der Waals surface area contributed by atoms with E-state index in [0.29, 0.717) is 23.1 Å². The summed E-state index contributed by atoms with van der Waals surface area (Å²) in [6.45, 7) is 3.93. The molecule has 0 spiro atoms. The smallest absolute Gasteiger partial charge is 0.248 e. The Bertz CT molecular complexity index is 1210. The van der Waals surface area contributed by atoms with Crippen molar-refractivity contribution < 1.29 is 9.53 Å². The van der Waals surface area contributed by atoms with E-state index in [1.165, 1.54) is 12.4 Å². The molecule has 31 heavy (non-hydrogen) atoms. The second-order valence-electron chi connectivity index (χ2n) is 6.86. The van der Waals surface area contributed by atoms with Gasteiger partial charge in [0.2, 0.25) is 11.8 Å². The molecule has 7 nitrogen and oxygen atoms in total. The third-order valence-corrected chi connectivity index (χ3v) is 4.70. The van der Waals surface area contributed by atoms with Crippen molar-refractivity contribution in [2.45, 2.75) is 13.8 Å². The highest BCUT2D eigenvalue weighted by Gasteiger charge is 2.08. The Hall–Kier alpha value is -4.26. The Morgan fingerprint density at radius 1 is 1.00 bits per heavy atom. The molecular formula is C24H21N5O2. The van der Waals surface area contributed by atoms with Crippen molar-refractivity contribution >= 4 is 17.7 Å². The van der Waals surface area contributed by atoms with Crippen LogP contribution in [-0.2, 0) is 4.79 Å². The molecule has 4 aromatic rings. The fourth-order valence-electron chi connectivity index (χ4n) is 2.89. The monoisotopic (exact) mass is 411 g/mol. The maximum atomic E-state index is 12.1. The van der Waals surface area contributed by atoms with E-state index in [1.54, 1.807) is 42.7 Å². The van der Waals surface area contributed by atoms with Crippen LogP contribution in [0.1, 0.15) is 17.0 Å². The molecule has 0 aliphatic heterocycles. The van der Waals surface area contributed by atoms with E-state index in [0.717, 1.165) is 17.0 Å². The van der Waals surface area contributed by atoms with Gasteiger partial charge in [-0.2, -0.15) is 0 Å². The zero-order valence-electron chi connectivity index (χ0n) is 17.2. The van der Waals surface area contributed by atoms with Crippen LogP contribution in [0.3, 0.4) is 0 Å². The number of aromatic nitrogens is 4. The highest BCUT2D eigenvalue weighted by molar-refractivity contribution is 6.01. The average molecular weight is 411 g/mol. The molecule has 0 saturated heterocycles. The first-order chi connectivity index (χ1) is 15.1. The van der Waals surface area contributed by atoms with Gasteiger partial charge < -0.3 is 10.1 Å². The Kier molecular flexibility index (Phi) is 5.84. The van der Waals surface area contributed by atoms with Crippen molar-refractivity contribution in [1.82, 2.24) is 19.5 Å². The fraction of sp³-hybridized carbons (Fsp3) is 0.0833. The van der Waals surface area contributed by atoms with E-state index in [9.17, 15) is 4.79 Å². The number of aryl methyl sites for hydroxylation is 1. The minimum absolute atomic E-state index is 0.205. The maximum absolute atomic E-state index is 12.1. The number of imidazole rings is 1. The minimum atomic E-state index is -0.205. The SMILES string of the molecule is Cc1ncn(-c2cc(Oc3ccc(NC(=O)/C=C/c4ccccc4)cc3)ncn2)c1C. The van der Waals surface area contributed by atoms with Gasteiger partial charge in [-0.15, -0.1) is 0 Å². The van der Waals surface area contributed by atoms with Crippen LogP contribution in [0.5, 0.6) is 11.6 Å². The van der Waals surface area contributed by atoms with Crippen LogP contribution in [0.2, 0.25) is 0 Å². The fourth-order valence-corrected chi connectivity index (χ4v) is 2.89. The number of ether oxygens (including phenoxy) is 1. The molecule has 0 bridgehead atoms. The lowest BCUT2D eigenvalue weighted by Crippen LogP contribution is -2.07. The van der Waals surface area contributed by atoms with Crippen LogP contribution in [0.25, 0.3) is 11.9 Å². The highest BCUT2D eigenvalue weighted by Crippen LogP contribution is 2.23. The minimum Gasteiger partial charge on any atom is -0.439 e. The predicted molar refractivity (Wildman–Crippen MR) is 119 cm³/mol. The van der Waals surface area contributed by atoms with E-state index in [2.05, 4.69) is 20.3 Å². The van der Waals surface area contributed by atoms with Crippen molar-refractivity contribution in [3.63, 3.8) is 0 Å². The number of hydrogen-bond acceptors (Lipinski definition) is 5. The third-order valence-electron chi connectivity index (χ3n) is 4.70. The summed E-state index contributed by atoms with van der Waals surface area (Å²) in [6, 6.07) is 18.5. The number of anilines is 1. The second kappa shape index (κ2) is 9.04. The molecule has 2 aromatic heterocycles. The van der Waals surface area contributed by atoms with Gasteiger partial charge in [-0.25, -0.2) is 15.0 Å². The number of nitrogens with zero attached hydrogens (tertiary/aromatic N) is 4. The summed E-state index contributed by atoms with van der Waals surface area (Å²) in [6.07, 6.45) is 6.44. The lowest BCUT2D eigenvalue weighted by molar-refractivity contribution is -0.111. The molecular weight excluding hydrogens is 390 g/mol. The normalized spacial score (nSPS) is 10.9. The molecule has 0 radical (unpaired) electrons. The standard InChI is InChI=1S/C24H21N5O2/c1-17-18(2)29(16-27-17)22-14-24(26-15-25-22)31-21-11-9-20(10-12-21)28-23(30)13-8-19-6-4-3-5-7-19/h3-16H,1-2H3,(H,28,30)/b13-8+. The maximum Gasteiger partial charge on any atom is 0.248 e. The summed E-state index contributed by atoms with van der Waals surface area (Å²) in [5, 5.41) is 2.83. The molecule has 0 fully saturated rings. The molecule has 0 aliphatic carbocycles. The van der Waals surface area contributed by atoms with Crippen molar-refractivity contribution in [3.8, 4) is 17.4 Å². The Morgan fingerprint density at radius 3 is 2.48 bits per heavy atom. The zero-order valence-corrected chi connectivity index (χ0v) is 17.2. The van der Waals surface area contributed by atoms with Gasteiger partial charge in [0, 0.05) is 23.5 Å². The largest absolute Gasteiger partial charge is 0.439 e. The van der Waals surface area contributed by atoms with Gasteiger partial charge in [0.05, 0.1) is 5.69 Å². The molecule has 0 aliphatic rings. The van der Waals surface area contributed by atoms with Gasteiger partial charge >= 0.3 is 0 Å². The first-order valence-corrected chi connectivity index (χ1v) is 9.73. The van der Waals surface area contributed by atoms with E-state index in [4.69, 9.17) is 4.74 Å². The van der Waals surface area contributed by atoms with Gasteiger partial charge in [0.25, 0.3) is 0 Å². The molecule has 0 unspecified atom stereocenters. The van der Waals surface area contributed by atoms with Crippen LogP contribution < -0.4 is 10.1 Å². The first-order valence-electron chi connectivity index (χ1n) is 9.73. The molecule has 4 rings (SSSR count). The van der Waals surface area contributed by atoms with Gasteiger partial charge in [0.15, 0.2) is 0 Å². The summed E-state index contributed by atoms with van der Waals surface area (Å²) < 4.78 is 7.72. The molecule has 7 heteroatoms. The predicted octanol–water partition coefficient (Wildman–Crippen LogP) is 4.72. The van der Waals surface area contributed by atoms with Crippen LogP contribution in [-0.4, -0.2) is 25.4 Å². The summed E-state index contributed by atoms with van der Waals surface area (Å²) >= 11 is 0. The molecule has 0 saturated carbocycles. The van der Waals surface area contributed by atoms with Gasteiger partial charge in [-0.1, -0.05) is 30.3 Å². The number of nitrogens with one attached hydrogen (secondary N) is 1. The lowest BCUT2D eigenvalue weighted by atomic mass is 10.2. The highest BCUT2D eigenvalue weighted by atomic mass is 16.5. The second-order valence-corrected chi connectivity index (χ2v) is 6.86. The molecule has 0 atom stereocenters. The molecule has 154 valence electrons. The molecule has 1 N–H and O–H groups in total. The number of carbonyl (C=O) groups excluding carboxylic acids is 1. The third kappa shape index (κ3) is 5.02. The molecule has 1 amide bonds. The van der Waals surface area contributed by atoms with Crippen LogP contribution in [0, 0.1) is 13.8 Å². The van der Waals surface area contributed by atoms with Crippen LogP contribution in [0.4, 0.5) is 5.69 Å². The first kappa shape index (κ1) is 20.0. The lowest BCUT2D eigenvalue weighted by Gasteiger charge is -2.08.